The van der Waals surface area contributed by atoms with Crippen LogP contribution in [0.3, 0.4) is 0 Å². The normalized spacial score (nSPS) is 11.5. The summed E-state index contributed by atoms with van der Waals surface area (Å²) in [6, 6.07) is 4.67. The summed E-state index contributed by atoms with van der Waals surface area (Å²) in [7, 11) is 0. The molecule has 6 heteroatoms. The van der Waals surface area contributed by atoms with Crippen molar-refractivity contribution < 1.29 is 4.79 Å². The number of carbonyl (C=O) groups excluding carboxylic acids is 1. The second-order valence-electron chi connectivity index (χ2n) is 3.24. The fourth-order valence-corrected chi connectivity index (χ4v) is 1.30. The summed E-state index contributed by atoms with van der Waals surface area (Å²) in [6.45, 7) is 2.22. The SMILES string of the molecule is C[C@H](CN)NC(=O)c1ccc(Cl)c(Cl)c1.Cl. The molecule has 0 bridgehead atoms. The molecule has 1 atom stereocenters. The lowest BCUT2D eigenvalue weighted by atomic mass is 10.2. The fourth-order valence-electron chi connectivity index (χ4n) is 1.00. The van der Waals surface area contributed by atoms with E-state index in [4.69, 9.17) is 28.9 Å². The minimum atomic E-state index is -0.202. The first-order valence-electron chi connectivity index (χ1n) is 4.50. The second kappa shape index (κ2) is 6.97. The quantitative estimate of drug-likeness (QED) is 0.895. The number of hydrogen-bond donors (Lipinski definition) is 2. The van der Waals surface area contributed by atoms with E-state index in [9.17, 15) is 4.79 Å². The molecule has 0 saturated heterocycles. The second-order valence-corrected chi connectivity index (χ2v) is 4.05. The van der Waals surface area contributed by atoms with Crippen LogP contribution < -0.4 is 11.1 Å². The van der Waals surface area contributed by atoms with Crippen molar-refractivity contribution in [2.24, 2.45) is 5.73 Å². The van der Waals surface area contributed by atoms with Gasteiger partial charge in [-0.25, -0.2) is 0 Å². The van der Waals surface area contributed by atoms with Crippen molar-refractivity contribution >= 4 is 41.5 Å². The molecule has 1 rings (SSSR count). The number of rotatable bonds is 3. The molecule has 0 aromatic heterocycles. The van der Waals surface area contributed by atoms with Gasteiger partial charge in [-0.05, 0) is 25.1 Å². The van der Waals surface area contributed by atoms with Gasteiger partial charge in [0.25, 0.3) is 5.91 Å². The number of halogens is 3. The fraction of sp³-hybridized carbons (Fsp3) is 0.300. The monoisotopic (exact) mass is 282 g/mol. The first kappa shape index (κ1) is 15.5. The van der Waals surface area contributed by atoms with Gasteiger partial charge >= 0.3 is 0 Å². The lowest BCUT2D eigenvalue weighted by Crippen LogP contribution is -2.37. The molecule has 0 fully saturated rings. The molecule has 0 aliphatic rings. The summed E-state index contributed by atoms with van der Waals surface area (Å²) >= 11 is 11.5. The summed E-state index contributed by atoms with van der Waals surface area (Å²) in [6.07, 6.45) is 0. The molecule has 90 valence electrons. The smallest absolute Gasteiger partial charge is 0.251 e. The molecule has 0 aliphatic carbocycles. The number of nitrogens with one attached hydrogen (secondary N) is 1. The topological polar surface area (TPSA) is 55.1 Å². The number of carbonyl (C=O) groups is 1. The van der Waals surface area contributed by atoms with Crippen LogP contribution in [0.15, 0.2) is 18.2 Å². The van der Waals surface area contributed by atoms with E-state index < -0.39 is 0 Å². The van der Waals surface area contributed by atoms with Crippen molar-refractivity contribution in [1.29, 1.82) is 0 Å². The van der Waals surface area contributed by atoms with E-state index in [0.29, 0.717) is 22.2 Å². The molecular formula is C10H13Cl3N2O. The van der Waals surface area contributed by atoms with Crippen LogP contribution >= 0.6 is 35.6 Å². The summed E-state index contributed by atoms with van der Waals surface area (Å²) in [4.78, 5) is 11.6. The van der Waals surface area contributed by atoms with E-state index in [1.54, 1.807) is 12.1 Å². The Kier molecular flexibility index (Phi) is 6.76. The molecular weight excluding hydrogens is 270 g/mol. The Morgan fingerprint density at radius 1 is 1.44 bits per heavy atom. The zero-order valence-corrected chi connectivity index (χ0v) is 11.0. The van der Waals surface area contributed by atoms with Gasteiger partial charge in [-0.15, -0.1) is 12.4 Å². The highest BCUT2D eigenvalue weighted by molar-refractivity contribution is 6.42. The highest BCUT2D eigenvalue weighted by Gasteiger charge is 2.09. The predicted octanol–water partition coefficient (Wildman–Crippen LogP) is 2.49. The van der Waals surface area contributed by atoms with Crippen molar-refractivity contribution in [3.05, 3.63) is 33.8 Å². The van der Waals surface area contributed by atoms with Crippen LogP contribution in [-0.2, 0) is 0 Å². The highest BCUT2D eigenvalue weighted by Crippen LogP contribution is 2.22. The van der Waals surface area contributed by atoms with Gasteiger partial charge in [-0.3, -0.25) is 4.79 Å². The van der Waals surface area contributed by atoms with E-state index in [2.05, 4.69) is 5.32 Å². The average molecular weight is 284 g/mol. The molecule has 0 heterocycles. The number of nitrogens with two attached hydrogens (primary N) is 1. The molecule has 1 amide bonds. The molecule has 0 spiro atoms. The Morgan fingerprint density at radius 2 is 2.06 bits per heavy atom. The van der Waals surface area contributed by atoms with E-state index in [1.807, 2.05) is 6.92 Å². The third-order valence-corrected chi connectivity index (χ3v) is 2.65. The maximum absolute atomic E-state index is 11.6. The number of benzene rings is 1. The van der Waals surface area contributed by atoms with Crippen molar-refractivity contribution in [2.45, 2.75) is 13.0 Å². The van der Waals surface area contributed by atoms with Crippen LogP contribution in [0.5, 0.6) is 0 Å². The van der Waals surface area contributed by atoms with Crippen molar-refractivity contribution in [3.8, 4) is 0 Å². The summed E-state index contributed by atoms with van der Waals surface area (Å²) in [5, 5.41) is 3.52. The standard InChI is InChI=1S/C10H12Cl2N2O.ClH/c1-6(5-13)14-10(15)7-2-3-8(11)9(12)4-7;/h2-4,6H,5,13H2,1H3,(H,14,15);1H/t6-;/m1./s1. The number of hydrogen-bond acceptors (Lipinski definition) is 2. The molecule has 0 saturated carbocycles. The first-order chi connectivity index (χ1) is 7.04. The van der Waals surface area contributed by atoms with E-state index in [1.165, 1.54) is 6.07 Å². The Labute approximate surface area is 111 Å². The summed E-state index contributed by atoms with van der Waals surface area (Å²) in [5.41, 5.74) is 5.87. The van der Waals surface area contributed by atoms with Crippen LogP contribution in [0.2, 0.25) is 10.0 Å². The van der Waals surface area contributed by atoms with Gasteiger partial charge < -0.3 is 11.1 Å². The highest BCUT2D eigenvalue weighted by atomic mass is 35.5. The van der Waals surface area contributed by atoms with Crippen molar-refractivity contribution in [1.82, 2.24) is 5.32 Å². The third kappa shape index (κ3) is 4.18. The molecule has 1 aromatic carbocycles. The Bertz CT molecular complexity index is 371. The predicted molar refractivity (Wildman–Crippen MR) is 69.7 cm³/mol. The number of amides is 1. The van der Waals surface area contributed by atoms with Crippen LogP contribution in [0, 0.1) is 0 Å². The molecule has 0 aliphatic heterocycles. The minimum Gasteiger partial charge on any atom is -0.348 e. The van der Waals surface area contributed by atoms with Crippen LogP contribution in [-0.4, -0.2) is 18.5 Å². The minimum absolute atomic E-state index is 0. The van der Waals surface area contributed by atoms with Crippen LogP contribution in [0.25, 0.3) is 0 Å². The van der Waals surface area contributed by atoms with Crippen LogP contribution in [0.4, 0.5) is 0 Å². The van der Waals surface area contributed by atoms with Gasteiger partial charge in [0.2, 0.25) is 0 Å². The maximum atomic E-state index is 11.6. The van der Waals surface area contributed by atoms with Gasteiger partial charge in [0, 0.05) is 18.2 Å². The van der Waals surface area contributed by atoms with E-state index in [-0.39, 0.29) is 24.4 Å². The lowest BCUT2D eigenvalue weighted by Gasteiger charge is -2.11. The Morgan fingerprint density at radius 3 is 2.56 bits per heavy atom. The Hall–Kier alpha value is -0.480. The van der Waals surface area contributed by atoms with E-state index in [0.717, 1.165) is 0 Å². The van der Waals surface area contributed by atoms with Gasteiger partial charge in [0.05, 0.1) is 10.0 Å². The Balaban J connectivity index is 0.00000225. The van der Waals surface area contributed by atoms with Crippen LogP contribution in [0.1, 0.15) is 17.3 Å². The summed E-state index contributed by atoms with van der Waals surface area (Å²) < 4.78 is 0. The zero-order valence-electron chi connectivity index (χ0n) is 8.67. The largest absolute Gasteiger partial charge is 0.348 e. The molecule has 16 heavy (non-hydrogen) atoms. The van der Waals surface area contributed by atoms with E-state index >= 15 is 0 Å². The zero-order chi connectivity index (χ0) is 11.4. The van der Waals surface area contributed by atoms with Gasteiger partial charge in [-0.1, -0.05) is 23.2 Å². The maximum Gasteiger partial charge on any atom is 0.251 e. The van der Waals surface area contributed by atoms with Crippen molar-refractivity contribution in [3.63, 3.8) is 0 Å². The van der Waals surface area contributed by atoms with Gasteiger partial charge in [0.1, 0.15) is 0 Å². The van der Waals surface area contributed by atoms with Crippen molar-refractivity contribution in [2.75, 3.05) is 6.54 Å². The lowest BCUT2D eigenvalue weighted by molar-refractivity contribution is 0.0941. The summed E-state index contributed by atoms with van der Waals surface area (Å²) in [5.74, 6) is -0.202. The molecule has 1 aromatic rings. The molecule has 3 N–H and O–H groups in total. The average Bonchev–Trinajstić information content (AvgIpc) is 2.21. The first-order valence-corrected chi connectivity index (χ1v) is 5.26. The molecule has 3 nitrogen and oxygen atoms in total. The molecule has 0 unspecified atom stereocenters. The van der Waals surface area contributed by atoms with Gasteiger partial charge in [0.15, 0.2) is 0 Å². The third-order valence-electron chi connectivity index (χ3n) is 1.91. The molecule has 0 radical (unpaired) electrons. The van der Waals surface area contributed by atoms with Gasteiger partial charge in [-0.2, -0.15) is 0 Å².